The summed E-state index contributed by atoms with van der Waals surface area (Å²) in [6.07, 6.45) is 1.78. The second kappa shape index (κ2) is 9.84. The van der Waals surface area contributed by atoms with E-state index in [4.69, 9.17) is 14.2 Å². The Morgan fingerprint density at radius 3 is 2.50 bits per heavy atom. The lowest BCUT2D eigenvalue weighted by molar-refractivity contribution is -0.135. The van der Waals surface area contributed by atoms with Gasteiger partial charge >= 0.3 is 0 Å². The Morgan fingerprint density at radius 1 is 1.11 bits per heavy atom. The first-order valence-electron chi connectivity index (χ1n) is 9.19. The standard InChI is InChI=1S/C19H27N3O5.ClH/c1-25-15-7-6-14(17(26-2)18(15)27-3)19(24)21-9-4-5-13(12-21)22-10-8-20-11-16(22)23;/h6-7,13,20H,4-5,8-12H2,1-3H3;1H. The van der Waals surface area contributed by atoms with Crippen LogP contribution in [-0.2, 0) is 4.79 Å². The minimum absolute atomic E-state index is 0. The van der Waals surface area contributed by atoms with Gasteiger partial charge in [0.25, 0.3) is 5.91 Å². The molecule has 3 rings (SSSR count). The molecule has 0 spiro atoms. The molecule has 2 fully saturated rings. The van der Waals surface area contributed by atoms with Gasteiger partial charge in [-0.05, 0) is 25.0 Å². The Kier molecular flexibility index (Phi) is 7.77. The number of amides is 2. The molecular formula is C19H28ClN3O5. The van der Waals surface area contributed by atoms with Crippen LogP contribution in [0.2, 0.25) is 0 Å². The maximum atomic E-state index is 13.2. The van der Waals surface area contributed by atoms with E-state index in [1.54, 1.807) is 24.1 Å². The lowest BCUT2D eigenvalue weighted by Crippen LogP contribution is -2.57. The minimum Gasteiger partial charge on any atom is -0.493 e. The number of methoxy groups -OCH3 is 3. The first kappa shape index (κ1) is 22.1. The Labute approximate surface area is 171 Å². The molecule has 1 aromatic rings. The van der Waals surface area contributed by atoms with Crippen molar-refractivity contribution in [2.45, 2.75) is 18.9 Å². The number of nitrogens with zero attached hydrogens (tertiary/aromatic N) is 2. The van der Waals surface area contributed by atoms with Crippen LogP contribution >= 0.6 is 12.4 Å². The highest BCUT2D eigenvalue weighted by molar-refractivity contribution is 5.98. The van der Waals surface area contributed by atoms with Gasteiger partial charge in [0, 0.05) is 32.2 Å². The number of rotatable bonds is 5. The van der Waals surface area contributed by atoms with Crippen molar-refractivity contribution < 1.29 is 23.8 Å². The molecular weight excluding hydrogens is 386 g/mol. The number of halogens is 1. The highest BCUT2D eigenvalue weighted by atomic mass is 35.5. The van der Waals surface area contributed by atoms with Gasteiger partial charge in [-0.25, -0.2) is 0 Å². The minimum atomic E-state index is -0.125. The summed E-state index contributed by atoms with van der Waals surface area (Å²) in [7, 11) is 4.56. The van der Waals surface area contributed by atoms with Gasteiger partial charge in [-0.2, -0.15) is 0 Å². The smallest absolute Gasteiger partial charge is 0.257 e. The van der Waals surface area contributed by atoms with E-state index in [0.717, 1.165) is 19.4 Å². The molecule has 0 saturated carbocycles. The number of likely N-dealkylation sites (tertiary alicyclic amines) is 1. The Hall–Kier alpha value is -2.19. The number of benzene rings is 1. The fourth-order valence-electron chi connectivity index (χ4n) is 3.84. The van der Waals surface area contributed by atoms with Gasteiger partial charge in [0.15, 0.2) is 11.5 Å². The molecule has 2 heterocycles. The topological polar surface area (TPSA) is 80.3 Å². The van der Waals surface area contributed by atoms with Gasteiger partial charge in [0.05, 0.1) is 33.4 Å². The lowest BCUT2D eigenvalue weighted by Gasteiger charge is -2.41. The molecule has 1 unspecified atom stereocenters. The molecule has 1 aromatic carbocycles. The summed E-state index contributed by atoms with van der Waals surface area (Å²) >= 11 is 0. The van der Waals surface area contributed by atoms with E-state index in [1.165, 1.54) is 14.2 Å². The van der Waals surface area contributed by atoms with Crippen LogP contribution in [0.15, 0.2) is 12.1 Å². The highest BCUT2D eigenvalue weighted by Crippen LogP contribution is 2.40. The van der Waals surface area contributed by atoms with Gasteiger partial charge in [-0.15, -0.1) is 12.4 Å². The van der Waals surface area contributed by atoms with Crippen LogP contribution in [0.1, 0.15) is 23.2 Å². The molecule has 28 heavy (non-hydrogen) atoms. The van der Waals surface area contributed by atoms with Crippen LogP contribution in [0.25, 0.3) is 0 Å². The number of carbonyl (C=O) groups is 2. The van der Waals surface area contributed by atoms with Crippen LogP contribution in [0.4, 0.5) is 0 Å². The fourth-order valence-corrected chi connectivity index (χ4v) is 3.84. The second-order valence-electron chi connectivity index (χ2n) is 6.69. The first-order valence-corrected chi connectivity index (χ1v) is 9.19. The number of piperazine rings is 1. The van der Waals surface area contributed by atoms with Crippen molar-refractivity contribution in [3.63, 3.8) is 0 Å². The van der Waals surface area contributed by atoms with Crippen LogP contribution in [0, 0.1) is 0 Å². The molecule has 1 N–H and O–H groups in total. The number of piperidine rings is 1. The Morgan fingerprint density at radius 2 is 1.86 bits per heavy atom. The van der Waals surface area contributed by atoms with Crippen LogP contribution in [0.3, 0.4) is 0 Å². The summed E-state index contributed by atoms with van der Waals surface area (Å²) in [4.78, 5) is 29.1. The normalized spacial score (nSPS) is 19.7. The second-order valence-corrected chi connectivity index (χ2v) is 6.69. The zero-order valence-corrected chi connectivity index (χ0v) is 17.3. The third-order valence-electron chi connectivity index (χ3n) is 5.19. The van der Waals surface area contributed by atoms with Crippen molar-refractivity contribution in [2.24, 2.45) is 0 Å². The molecule has 2 saturated heterocycles. The van der Waals surface area contributed by atoms with E-state index in [1.807, 2.05) is 4.90 Å². The van der Waals surface area contributed by atoms with E-state index in [9.17, 15) is 9.59 Å². The quantitative estimate of drug-likeness (QED) is 0.780. The van der Waals surface area contributed by atoms with Crippen molar-refractivity contribution in [1.29, 1.82) is 0 Å². The number of nitrogens with one attached hydrogen (secondary N) is 1. The monoisotopic (exact) mass is 413 g/mol. The van der Waals surface area contributed by atoms with Crippen LogP contribution in [0.5, 0.6) is 17.2 Å². The zero-order chi connectivity index (χ0) is 19.4. The van der Waals surface area contributed by atoms with Crippen LogP contribution < -0.4 is 19.5 Å². The molecule has 2 aliphatic heterocycles. The molecule has 0 aliphatic carbocycles. The van der Waals surface area contributed by atoms with Crippen molar-refractivity contribution in [2.75, 3.05) is 54.1 Å². The molecule has 156 valence electrons. The first-order chi connectivity index (χ1) is 13.1. The summed E-state index contributed by atoms with van der Waals surface area (Å²) in [5, 5.41) is 3.09. The van der Waals surface area contributed by atoms with E-state index >= 15 is 0 Å². The van der Waals surface area contributed by atoms with Crippen molar-refractivity contribution in [3.8, 4) is 17.2 Å². The maximum absolute atomic E-state index is 13.2. The molecule has 9 heteroatoms. The lowest BCUT2D eigenvalue weighted by atomic mass is 10.0. The summed E-state index contributed by atoms with van der Waals surface area (Å²) in [6.45, 7) is 3.04. The third-order valence-corrected chi connectivity index (χ3v) is 5.19. The summed E-state index contributed by atoms with van der Waals surface area (Å²) in [6, 6.07) is 3.46. The highest BCUT2D eigenvalue weighted by Gasteiger charge is 2.33. The maximum Gasteiger partial charge on any atom is 0.257 e. The van der Waals surface area contributed by atoms with Gasteiger partial charge < -0.3 is 29.3 Å². The number of hydrogen-bond donors (Lipinski definition) is 1. The fraction of sp³-hybridized carbons (Fsp3) is 0.579. The molecule has 0 radical (unpaired) electrons. The average molecular weight is 414 g/mol. The summed E-state index contributed by atoms with van der Waals surface area (Å²) in [5.74, 6) is 1.25. The predicted molar refractivity (Wildman–Crippen MR) is 107 cm³/mol. The summed E-state index contributed by atoms with van der Waals surface area (Å²) < 4.78 is 16.1. The van der Waals surface area contributed by atoms with Crippen molar-refractivity contribution in [3.05, 3.63) is 17.7 Å². The molecule has 2 aliphatic rings. The molecule has 8 nitrogen and oxygen atoms in total. The SMILES string of the molecule is COc1ccc(C(=O)N2CCCC(N3CCNCC3=O)C2)c(OC)c1OC.Cl. The van der Waals surface area contributed by atoms with E-state index < -0.39 is 0 Å². The van der Waals surface area contributed by atoms with Gasteiger partial charge in [0.2, 0.25) is 11.7 Å². The zero-order valence-electron chi connectivity index (χ0n) is 16.5. The number of hydrogen-bond acceptors (Lipinski definition) is 6. The third kappa shape index (κ3) is 4.28. The van der Waals surface area contributed by atoms with Gasteiger partial charge in [0.1, 0.15) is 0 Å². The molecule has 0 bridgehead atoms. The average Bonchev–Trinajstić information content (AvgIpc) is 2.72. The number of ether oxygens (including phenoxy) is 3. The van der Waals surface area contributed by atoms with Crippen molar-refractivity contribution in [1.82, 2.24) is 15.1 Å². The van der Waals surface area contributed by atoms with E-state index in [0.29, 0.717) is 49.0 Å². The largest absolute Gasteiger partial charge is 0.493 e. The van der Waals surface area contributed by atoms with Gasteiger partial charge in [-0.3, -0.25) is 9.59 Å². The number of carbonyl (C=O) groups excluding carboxylic acids is 2. The van der Waals surface area contributed by atoms with E-state index in [2.05, 4.69) is 5.32 Å². The van der Waals surface area contributed by atoms with Gasteiger partial charge in [-0.1, -0.05) is 0 Å². The molecule has 2 amide bonds. The predicted octanol–water partition coefficient (Wildman–Crippen LogP) is 1.17. The summed E-state index contributed by atoms with van der Waals surface area (Å²) in [5.41, 5.74) is 0.433. The Balaban J connectivity index is 0.00000280. The van der Waals surface area contributed by atoms with Crippen LogP contribution in [-0.4, -0.2) is 81.7 Å². The van der Waals surface area contributed by atoms with E-state index in [-0.39, 0.29) is 30.3 Å². The molecule has 0 aromatic heterocycles. The Bertz CT molecular complexity index is 715. The molecule has 1 atom stereocenters. The van der Waals surface area contributed by atoms with Crippen molar-refractivity contribution >= 4 is 24.2 Å².